The predicted octanol–water partition coefficient (Wildman–Crippen LogP) is 19.6. The van der Waals surface area contributed by atoms with Crippen LogP contribution in [-0.2, 0) is 33.2 Å². The maximum absolute atomic E-state index is 13.5. The van der Waals surface area contributed by atoms with E-state index in [9.17, 15) is 61.0 Å². The Morgan fingerprint density at radius 3 is 0.949 bits per heavy atom. The third-order valence-electron chi connectivity index (χ3n) is 23.3. The van der Waals surface area contributed by atoms with Crippen LogP contribution in [0.15, 0.2) is 109 Å². The second-order valence-corrected chi connectivity index (χ2v) is 33.8. The van der Waals surface area contributed by atoms with Crippen LogP contribution in [0, 0.1) is 0 Å². The molecule has 3 aliphatic heterocycles. The Kier molecular flexibility index (Phi) is 70.9. The van der Waals surface area contributed by atoms with Crippen molar-refractivity contribution in [2.75, 3.05) is 26.4 Å². The van der Waals surface area contributed by atoms with E-state index in [-0.39, 0.29) is 18.9 Å². The number of unbranched alkanes of at least 4 members (excludes halogenated alkanes) is 46. The van der Waals surface area contributed by atoms with Crippen molar-refractivity contribution in [1.82, 2.24) is 5.32 Å². The largest absolute Gasteiger partial charge is 0.394 e. The first-order valence-electron chi connectivity index (χ1n) is 48.1. The Bertz CT molecular complexity index is 2550. The number of amides is 1. The summed E-state index contributed by atoms with van der Waals surface area (Å²) in [6.45, 7) is 1.65. The zero-order chi connectivity index (χ0) is 85.2. The highest BCUT2D eigenvalue weighted by atomic mass is 16.8. The Balaban J connectivity index is 1.30. The highest BCUT2D eigenvalue weighted by Gasteiger charge is 2.54. The van der Waals surface area contributed by atoms with Gasteiger partial charge in [-0.3, -0.25) is 4.79 Å². The van der Waals surface area contributed by atoms with E-state index in [2.05, 4.69) is 116 Å². The van der Waals surface area contributed by atoms with Crippen LogP contribution in [0.1, 0.15) is 380 Å². The molecule has 19 heteroatoms. The molecule has 684 valence electrons. The quantitative estimate of drug-likeness (QED) is 0.0199. The molecule has 0 aliphatic carbocycles. The number of rotatable bonds is 78. The summed E-state index contributed by atoms with van der Waals surface area (Å²) >= 11 is 0. The van der Waals surface area contributed by atoms with Crippen molar-refractivity contribution >= 4 is 5.91 Å². The van der Waals surface area contributed by atoms with Crippen LogP contribution in [0.5, 0.6) is 0 Å². The van der Waals surface area contributed by atoms with Crippen molar-refractivity contribution in [2.24, 2.45) is 0 Å². The summed E-state index contributed by atoms with van der Waals surface area (Å²) in [7, 11) is 0. The molecule has 3 aliphatic rings. The lowest BCUT2D eigenvalue weighted by Crippen LogP contribution is -2.66. The molecule has 0 radical (unpaired) electrons. The van der Waals surface area contributed by atoms with Crippen LogP contribution < -0.4 is 5.32 Å². The molecular formula is C99H175NO18. The predicted molar refractivity (Wildman–Crippen MR) is 480 cm³/mol. The van der Waals surface area contributed by atoms with E-state index in [0.29, 0.717) is 12.8 Å². The lowest BCUT2D eigenvalue weighted by molar-refractivity contribution is -0.379. The smallest absolute Gasteiger partial charge is 0.220 e. The summed E-state index contributed by atoms with van der Waals surface area (Å²) in [5, 5.41) is 121. The van der Waals surface area contributed by atoms with Gasteiger partial charge < -0.3 is 89.9 Å². The van der Waals surface area contributed by atoms with Gasteiger partial charge in [-0.05, 0) is 89.9 Å². The van der Waals surface area contributed by atoms with Gasteiger partial charge in [0.05, 0.1) is 38.6 Å². The van der Waals surface area contributed by atoms with Gasteiger partial charge in [-0.15, -0.1) is 0 Å². The number of allylic oxidation sites excluding steroid dienone is 17. The highest BCUT2D eigenvalue weighted by Crippen LogP contribution is 2.34. The first-order chi connectivity index (χ1) is 57.8. The molecule has 3 rings (SSSR count). The van der Waals surface area contributed by atoms with Crippen molar-refractivity contribution in [3.8, 4) is 0 Å². The van der Waals surface area contributed by atoms with E-state index >= 15 is 0 Å². The summed E-state index contributed by atoms with van der Waals surface area (Å²) in [4.78, 5) is 13.5. The summed E-state index contributed by atoms with van der Waals surface area (Å²) in [5.74, 6) is -0.282. The summed E-state index contributed by atoms with van der Waals surface area (Å²) in [6.07, 6.45) is 82.6. The average Bonchev–Trinajstić information content (AvgIpc) is 0.777. The van der Waals surface area contributed by atoms with E-state index in [4.69, 9.17) is 28.4 Å². The number of hydrogen-bond acceptors (Lipinski definition) is 18. The second kappa shape index (κ2) is 77.1. The standard InChI is InChI=1S/C99H175NO18/c1-3-5-7-9-11-13-15-17-19-21-23-25-27-29-31-33-35-37-38-39-40-41-42-43-44-45-47-49-51-53-55-57-59-61-63-65-67-69-71-73-75-77-87(105)100-82(83(104)76-74-72-70-68-66-64-62-60-58-56-54-52-50-48-46-36-34-32-30-28-26-24-22-20-18-16-14-12-10-8-6-4-2)81-113-97-93(111)90(108)95(85(79-102)115-97)118-99-94(112)91(109)96(86(80-103)116-99)117-98-92(110)89(107)88(106)84(78-101)114-98/h5,7,11,13,17,19,23,25,29,31,35,37,39-40,66,68,74,76,82-86,88-99,101-104,106-112H,3-4,6,8-10,12,14-16,18,20-22,24,26-28,30,32-34,36,38,41-65,67,69-73,75,77-81H2,1-2H3,(H,100,105)/b7-5-,13-11-,19-17-,25-23-,31-29-,37-35-,40-39-,68-66+,76-74+. The second-order valence-electron chi connectivity index (χ2n) is 33.8. The van der Waals surface area contributed by atoms with E-state index in [1.54, 1.807) is 6.08 Å². The first kappa shape index (κ1) is 109. The molecule has 0 bridgehead atoms. The van der Waals surface area contributed by atoms with Gasteiger partial charge in [-0.2, -0.15) is 0 Å². The number of carbonyl (C=O) groups excluding carboxylic acids is 1. The molecule has 0 aromatic carbocycles. The van der Waals surface area contributed by atoms with Crippen molar-refractivity contribution in [3.05, 3.63) is 109 Å². The van der Waals surface area contributed by atoms with Gasteiger partial charge in [0.2, 0.25) is 5.91 Å². The van der Waals surface area contributed by atoms with Crippen LogP contribution in [0.2, 0.25) is 0 Å². The van der Waals surface area contributed by atoms with Crippen LogP contribution in [0.25, 0.3) is 0 Å². The maximum Gasteiger partial charge on any atom is 0.220 e. The lowest BCUT2D eigenvalue weighted by Gasteiger charge is -2.48. The molecule has 19 nitrogen and oxygen atoms in total. The molecule has 17 unspecified atom stereocenters. The maximum atomic E-state index is 13.5. The Hall–Kier alpha value is -3.55. The molecule has 3 saturated heterocycles. The summed E-state index contributed by atoms with van der Waals surface area (Å²) < 4.78 is 34.5. The molecule has 0 spiro atoms. The topological polar surface area (TPSA) is 307 Å². The van der Waals surface area contributed by atoms with Gasteiger partial charge in [-0.25, -0.2) is 0 Å². The van der Waals surface area contributed by atoms with Crippen molar-refractivity contribution in [2.45, 2.75) is 484 Å². The van der Waals surface area contributed by atoms with Gasteiger partial charge >= 0.3 is 0 Å². The van der Waals surface area contributed by atoms with E-state index in [1.165, 1.54) is 263 Å². The molecule has 0 aromatic rings. The van der Waals surface area contributed by atoms with E-state index in [0.717, 1.165) is 83.5 Å². The van der Waals surface area contributed by atoms with E-state index in [1.807, 2.05) is 6.08 Å². The molecule has 3 fully saturated rings. The van der Waals surface area contributed by atoms with Gasteiger partial charge in [-0.1, -0.05) is 393 Å². The zero-order valence-corrected chi connectivity index (χ0v) is 74.1. The van der Waals surface area contributed by atoms with Gasteiger partial charge in [0, 0.05) is 6.42 Å². The number of carbonyl (C=O) groups is 1. The number of hydrogen-bond donors (Lipinski definition) is 12. The van der Waals surface area contributed by atoms with Crippen LogP contribution >= 0.6 is 0 Å². The fourth-order valence-corrected chi connectivity index (χ4v) is 15.7. The third kappa shape index (κ3) is 54.3. The van der Waals surface area contributed by atoms with Gasteiger partial charge in [0.25, 0.3) is 0 Å². The highest BCUT2D eigenvalue weighted by molar-refractivity contribution is 5.76. The number of aliphatic hydroxyl groups is 11. The zero-order valence-electron chi connectivity index (χ0n) is 74.1. The van der Waals surface area contributed by atoms with Gasteiger partial charge in [0.1, 0.15) is 73.2 Å². The minimum absolute atomic E-state index is 0.234. The number of nitrogens with one attached hydrogen (secondary N) is 1. The monoisotopic (exact) mass is 1670 g/mol. The molecule has 3 heterocycles. The Morgan fingerprint density at radius 1 is 0.314 bits per heavy atom. The molecule has 0 aromatic heterocycles. The third-order valence-corrected chi connectivity index (χ3v) is 23.3. The van der Waals surface area contributed by atoms with Gasteiger partial charge in [0.15, 0.2) is 18.9 Å². The molecule has 0 saturated carbocycles. The van der Waals surface area contributed by atoms with Crippen LogP contribution in [-0.4, -0.2) is 193 Å². The summed E-state index contributed by atoms with van der Waals surface area (Å²) in [5.41, 5.74) is 0. The minimum Gasteiger partial charge on any atom is -0.394 e. The molecular weight excluding hydrogens is 1490 g/mol. The van der Waals surface area contributed by atoms with Crippen LogP contribution in [0.3, 0.4) is 0 Å². The molecule has 1 amide bonds. The normalized spacial score (nSPS) is 24.8. The summed E-state index contributed by atoms with van der Waals surface area (Å²) in [6, 6.07) is -0.997. The Morgan fingerprint density at radius 2 is 0.593 bits per heavy atom. The number of aliphatic hydroxyl groups excluding tert-OH is 11. The first-order valence-corrected chi connectivity index (χ1v) is 48.1. The minimum atomic E-state index is -1.99. The fourth-order valence-electron chi connectivity index (χ4n) is 15.7. The van der Waals surface area contributed by atoms with Crippen LogP contribution in [0.4, 0.5) is 0 Å². The SMILES string of the molecule is CC/C=C\C/C=C\C/C=C\C/C=C\C/C=C\C/C=C\C/C=C\CCCCCCCCCCCCCCCCCCCCCC(=O)NC(COC1OC(CO)C(OC2OC(CO)C(OC3OC(CO)C(O)C(O)C3O)C(O)C2O)C(O)C1O)C(O)/C=C/CC/C=C/CCCCCCCCCCCCCCCCCCCCCCCCCCCC. The molecule has 118 heavy (non-hydrogen) atoms. The lowest BCUT2D eigenvalue weighted by atomic mass is 9.96. The van der Waals surface area contributed by atoms with Crippen molar-refractivity contribution < 1.29 is 89.4 Å². The average molecular weight is 1670 g/mol. The van der Waals surface area contributed by atoms with E-state index < -0.39 is 124 Å². The Labute approximate surface area is 716 Å². The molecule has 17 atom stereocenters. The fraction of sp³-hybridized carbons (Fsp3) is 0.808. The molecule has 12 N–H and O–H groups in total. The number of ether oxygens (including phenoxy) is 6. The van der Waals surface area contributed by atoms with Crippen molar-refractivity contribution in [1.29, 1.82) is 0 Å². The van der Waals surface area contributed by atoms with Crippen molar-refractivity contribution in [3.63, 3.8) is 0 Å².